The molecule has 4 heteroatoms. The number of aryl methyl sites for hydroxylation is 2. The third kappa shape index (κ3) is 2.16. The van der Waals surface area contributed by atoms with E-state index < -0.39 is 0 Å². The minimum atomic E-state index is -0.257. The first-order valence-electron chi connectivity index (χ1n) is 6.37. The number of furan rings is 1. The van der Waals surface area contributed by atoms with E-state index in [0.29, 0.717) is 11.5 Å². The number of fused-ring (bicyclic) bond motifs is 1. The maximum absolute atomic E-state index is 12.1. The Morgan fingerprint density at radius 1 is 1.15 bits per heavy atom. The van der Waals surface area contributed by atoms with Gasteiger partial charge < -0.3 is 9.73 Å². The van der Waals surface area contributed by atoms with E-state index in [1.807, 2.05) is 38.1 Å². The number of anilines is 1. The van der Waals surface area contributed by atoms with Gasteiger partial charge in [0.25, 0.3) is 5.91 Å². The van der Waals surface area contributed by atoms with E-state index >= 15 is 0 Å². The van der Waals surface area contributed by atoms with Gasteiger partial charge in [-0.25, -0.2) is 0 Å². The summed E-state index contributed by atoms with van der Waals surface area (Å²) in [4.78, 5) is 16.5. The van der Waals surface area contributed by atoms with Crippen LogP contribution < -0.4 is 5.32 Å². The van der Waals surface area contributed by atoms with Crippen molar-refractivity contribution < 1.29 is 9.21 Å². The molecule has 4 nitrogen and oxygen atoms in total. The van der Waals surface area contributed by atoms with Crippen LogP contribution in [0.3, 0.4) is 0 Å². The molecule has 0 radical (unpaired) electrons. The molecule has 100 valence electrons. The van der Waals surface area contributed by atoms with Crippen LogP contribution in [0, 0.1) is 13.8 Å². The molecule has 0 aliphatic heterocycles. The molecule has 0 atom stereocenters. The summed E-state index contributed by atoms with van der Waals surface area (Å²) in [5, 5.41) is 3.79. The molecule has 1 N–H and O–H groups in total. The predicted octanol–water partition coefficient (Wildman–Crippen LogP) is 3.70. The number of carbonyl (C=O) groups is 1. The molecule has 1 aromatic carbocycles. The second kappa shape index (κ2) is 4.81. The van der Waals surface area contributed by atoms with Gasteiger partial charge in [0.15, 0.2) is 5.76 Å². The van der Waals surface area contributed by atoms with Crippen molar-refractivity contribution in [2.75, 3.05) is 5.32 Å². The SMILES string of the molecule is Cc1ccc(C(=O)Nc2ccc(C)c3ncccc23)o1. The highest BCUT2D eigenvalue weighted by molar-refractivity contribution is 6.07. The van der Waals surface area contributed by atoms with E-state index in [1.165, 1.54) is 0 Å². The molecule has 3 rings (SSSR count). The smallest absolute Gasteiger partial charge is 0.291 e. The minimum absolute atomic E-state index is 0.257. The molecule has 20 heavy (non-hydrogen) atoms. The fraction of sp³-hybridized carbons (Fsp3) is 0.125. The summed E-state index contributed by atoms with van der Waals surface area (Å²) in [5.74, 6) is 0.762. The summed E-state index contributed by atoms with van der Waals surface area (Å²) in [6.07, 6.45) is 1.75. The van der Waals surface area contributed by atoms with Gasteiger partial charge in [-0.05, 0) is 49.7 Å². The summed E-state index contributed by atoms with van der Waals surface area (Å²) in [5.41, 5.74) is 2.70. The number of amides is 1. The van der Waals surface area contributed by atoms with Gasteiger partial charge in [0.1, 0.15) is 5.76 Å². The molecule has 0 fully saturated rings. The lowest BCUT2D eigenvalue weighted by molar-refractivity contribution is 0.0995. The van der Waals surface area contributed by atoms with Gasteiger partial charge in [-0.2, -0.15) is 0 Å². The van der Waals surface area contributed by atoms with Crippen LogP contribution in [0.2, 0.25) is 0 Å². The Bertz CT molecular complexity index is 790. The molecule has 3 aromatic rings. The van der Waals surface area contributed by atoms with Crippen LogP contribution in [-0.4, -0.2) is 10.9 Å². The number of hydrogen-bond donors (Lipinski definition) is 1. The lowest BCUT2D eigenvalue weighted by Crippen LogP contribution is -2.11. The minimum Gasteiger partial charge on any atom is -0.456 e. The molecule has 1 amide bonds. The molecule has 0 aliphatic rings. The molecule has 0 aliphatic carbocycles. The predicted molar refractivity (Wildman–Crippen MR) is 77.9 cm³/mol. The van der Waals surface area contributed by atoms with Crippen molar-refractivity contribution in [3.05, 3.63) is 59.7 Å². The average Bonchev–Trinajstić information content (AvgIpc) is 2.89. The van der Waals surface area contributed by atoms with Crippen molar-refractivity contribution >= 4 is 22.5 Å². The fourth-order valence-electron chi connectivity index (χ4n) is 2.16. The van der Waals surface area contributed by atoms with Crippen LogP contribution in [-0.2, 0) is 0 Å². The van der Waals surface area contributed by atoms with E-state index in [9.17, 15) is 4.79 Å². The Morgan fingerprint density at radius 3 is 2.75 bits per heavy atom. The quantitative estimate of drug-likeness (QED) is 0.769. The molecule has 0 unspecified atom stereocenters. The van der Waals surface area contributed by atoms with Crippen LogP contribution in [0.25, 0.3) is 10.9 Å². The fourth-order valence-corrected chi connectivity index (χ4v) is 2.16. The molecular weight excluding hydrogens is 252 g/mol. The van der Waals surface area contributed by atoms with E-state index in [0.717, 1.165) is 22.2 Å². The number of hydrogen-bond acceptors (Lipinski definition) is 3. The van der Waals surface area contributed by atoms with E-state index in [1.54, 1.807) is 18.3 Å². The van der Waals surface area contributed by atoms with Crippen molar-refractivity contribution in [1.29, 1.82) is 0 Å². The molecule has 2 heterocycles. The van der Waals surface area contributed by atoms with Crippen LogP contribution in [0.15, 0.2) is 47.0 Å². The first-order valence-corrected chi connectivity index (χ1v) is 6.37. The van der Waals surface area contributed by atoms with E-state index in [2.05, 4.69) is 10.3 Å². The third-order valence-corrected chi connectivity index (χ3v) is 3.18. The van der Waals surface area contributed by atoms with Gasteiger partial charge in [0.2, 0.25) is 0 Å². The van der Waals surface area contributed by atoms with E-state index in [4.69, 9.17) is 4.42 Å². The van der Waals surface area contributed by atoms with Crippen LogP contribution in [0.1, 0.15) is 21.9 Å². The second-order valence-corrected chi connectivity index (χ2v) is 4.69. The highest BCUT2D eigenvalue weighted by Gasteiger charge is 2.12. The summed E-state index contributed by atoms with van der Waals surface area (Å²) < 4.78 is 5.33. The number of pyridine rings is 1. The number of benzene rings is 1. The number of rotatable bonds is 2. The Hall–Kier alpha value is -2.62. The normalized spacial score (nSPS) is 10.7. The zero-order valence-corrected chi connectivity index (χ0v) is 11.3. The van der Waals surface area contributed by atoms with Crippen molar-refractivity contribution in [2.45, 2.75) is 13.8 Å². The molecular formula is C16H14N2O2. The lowest BCUT2D eigenvalue weighted by atomic mass is 10.1. The van der Waals surface area contributed by atoms with Gasteiger partial charge in [0.05, 0.1) is 11.2 Å². The Labute approximate surface area is 116 Å². The zero-order valence-electron chi connectivity index (χ0n) is 11.3. The molecule has 0 saturated carbocycles. The summed E-state index contributed by atoms with van der Waals surface area (Å²) >= 11 is 0. The van der Waals surface area contributed by atoms with Crippen LogP contribution in [0.4, 0.5) is 5.69 Å². The molecule has 2 aromatic heterocycles. The zero-order chi connectivity index (χ0) is 14.1. The maximum Gasteiger partial charge on any atom is 0.291 e. The van der Waals surface area contributed by atoms with Gasteiger partial charge in [-0.3, -0.25) is 9.78 Å². The highest BCUT2D eigenvalue weighted by atomic mass is 16.3. The van der Waals surface area contributed by atoms with Crippen molar-refractivity contribution in [3.63, 3.8) is 0 Å². The number of nitrogens with one attached hydrogen (secondary N) is 1. The number of nitrogens with zero attached hydrogens (tertiary/aromatic N) is 1. The van der Waals surface area contributed by atoms with E-state index in [-0.39, 0.29) is 5.91 Å². The van der Waals surface area contributed by atoms with Gasteiger partial charge in [0, 0.05) is 11.6 Å². The summed E-state index contributed by atoms with van der Waals surface area (Å²) in [6.45, 7) is 3.80. The molecule has 0 saturated heterocycles. The highest BCUT2D eigenvalue weighted by Crippen LogP contribution is 2.25. The Kier molecular flexibility index (Phi) is 2.99. The van der Waals surface area contributed by atoms with Crippen LogP contribution >= 0.6 is 0 Å². The largest absolute Gasteiger partial charge is 0.456 e. The molecule has 0 bridgehead atoms. The summed E-state index contributed by atoms with van der Waals surface area (Å²) in [6, 6.07) is 11.1. The molecule has 0 spiro atoms. The lowest BCUT2D eigenvalue weighted by Gasteiger charge is -2.08. The topological polar surface area (TPSA) is 55.1 Å². The summed E-state index contributed by atoms with van der Waals surface area (Å²) in [7, 11) is 0. The standard InChI is InChI=1S/C16H14N2O2/c1-10-5-7-13(12-4-3-9-17-15(10)12)18-16(19)14-8-6-11(2)20-14/h3-9H,1-2H3,(H,18,19). The van der Waals surface area contributed by atoms with Crippen molar-refractivity contribution in [2.24, 2.45) is 0 Å². The Morgan fingerprint density at radius 2 is 2.00 bits per heavy atom. The second-order valence-electron chi connectivity index (χ2n) is 4.69. The first kappa shape index (κ1) is 12.4. The van der Waals surface area contributed by atoms with Gasteiger partial charge in [-0.15, -0.1) is 0 Å². The number of aromatic nitrogens is 1. The van der Waals surface area contributed by atoms with Crippen molar-refractivity contribution in [1.82, 2.24) is 4.98 Å². The average molecular weight is 266 g/mol. The third-order valence-electron chi connectivity index (χ3n) is 3.18. The van der Waals surface area contributed by atoms with Crippen molar-refractivity contribution in [3.8, 4) is 0 Å². The maximum atomic E-state index is 12.1. The van der Waals surface area contributed by atoms with Crippen LogP contribution in [0.5, 0.6) is 0 Å². The Balaban J connectivity index is 1.99. The monoisotopic (exact) mass is 266 g/mol. The number of carbonyl (C=O) groups excluding carboxylic acids is 1. The van der Waals surface area contributed by atoms with Gasteiger partial charge >= 0.3 is 0 Å². The first-order chi connectivity index (χ1) is 9.65. The van der Waals surface area contributed by atoms with Gasteiger partial charge in [-0.1, -0.05) is 6.07 Å².